The van der Waals surface area contributed by atoms with E-state index in [-0.39, 0.29) is 60.2 Å². The molecule has 0 atom stereocenters. The predicted octanol–water partition coefficient (Wildman–Crippen LogP) is 17.8. The van der Waals surface area contributed by atoms with Gasteiger partial charge in [0.1, 0.15) is 46.0 Å². The van der Waals surface area contributed by atoms with Crippen LogP contribution in [0.25, 0.3) is 22.3 Å². The van der Waals surface area contributed by atoms with Crippen molar-refractivity contribution in [3.8, 4) is 68.2 Å². The average molecular weight is 1130 g/mol. The van der Waals surface area contributed by atoms with E-state index in [1.165, 1.54) is 0 Å². The van der Waals surface area contributed by atoms with Crippen molar-refractivity contribution in [3.63, 3.8) is 0 Å². The Labute approximate surface area is 499 Å². The van der Waals surface area contributed by atoms with Crippen LogP contribution in [0.2, 0.25) is 0 Å². The van der Waals surface area contributed by atoms with Crippen LogP contribution in [0.4, 0.5) is 0 Å². The zero-order valence-electron chi connectivity index (χ0n) is 52.9. The molecule has 0 amide bonds. The second-order valence-corrected chi connectivity index (χ2v) is 28.8. The fraction of sp³-hybridized carbons (Fsp3) is 0.368. The molecule has 0 saturated heterocycles. The van der Waals surface area contributed by atoms with E-state index in [0.29, 0.717) is 56.0 Å². The van der Waals surface area contributed by atoms with Crippen molar-refractivity contribution in [1.82, 2.24) is 0 Å². The van der Waals surface area contributed by atoms with E-state index in [9.17, 15) is 30.6 Å². The topological polar surface area (TPSA) is 140 Å². The SMILES string of the molecule is COc1ccc(-c2cc3c(O)c(c2)Cc2cc(cc(C(C)(C)C)c2O)C(C)(C)c2cc(c(O)c(C(C)(C)C)c2)Cc2cc(-c4ccc(OC)cc4)cc(c2O)Cc2cc(cc(C(C)(C)C)c2O)C(C)(C)c2cc(c(O)c(C(C)(C)C)c2)C3)cc1. The number of hydrogen-bond acceptors (Lipinski definition) is 8. The number of phenolic OH excluding ortho intramolecular Hbond substituents is 6. The molecule has 0 aromatic heterocycles. The standard InChI is InChI=1S/C76H88O8/c1-71(2,3)61-39-55-35-51(67(61)79)31-47-27-45(43-19-23-59(83-17)24-20-43)28-48(65(47)77)32-53-37-57(41-63(69(53)81)73(7,8)9)76(15,16)58-38-54(70(82)64(42-58)74(10,11)12)34-50-30-46(44-21-25-60(84-18)26-22-44)29-49(66(50)78)33-52-36-56(75(55,13)14)40-62(68(52)80)72(4,5)6/h19-30,35-42,77-82H,31-34H2,1-18H3. The van der Waals surface area contributed by atoms with Gasteiger partial charge in [0.2, 0.25) is 0 Å². The Morgan fingerprint density at radius 2 is 0.488 bits per heavy atom. The molecule has 8 aromatic rings. The molecule has 0 fully saturated rings. The fourth-order valence-corrected chi connectivity index (χ4v) is 12.2. The first-order valence-corrected chi connectivity index (χ1v) is 29.5. The van der Waals surface area contributed by atoms with E-state index in [2.05, 4.69) is 159 Å². The van der Waals surface area contributed by atoms with Crippen LogP contribution in [0.1, 0.15) is 200 Å². The molecule has 12 bridgehead atoms. The van der Waals surface area contributed by atoms with Crippen LogP contribution in [0.15, 0.2) is 121 Å². The first-order valence-electron chi connectivity index (χ1n) is 29.5. The number of ether oxygens (including phenoxy) is 2. The highest BCUT2D eigenvalue weighted by Crippen LogP contribution is 2.49. The molecule has 84 heavy (non-hydrogen) atoms. The summed E-state index contributed by atoms with van der Waals surface area (Å²) < 4.78 is 11.1. The van der Waals surface area contributed by atoms with Gasteiger partial charge in [-0.3, -0.25) is 0 Å². The molecule has 0 aliphatic heterocycles. The van der Waals surface area contributed by atoms with E-state index < -0.39 is 32.5 Å². The molecule has 6 N–H and O–H groups in total. The first kappa shape index (κ1) is 60.7. The lowest BCUT2D eigenvalue weighted by Crippen LogP contribution is -2.24. The third-order valence-corrected chi connectivity index (χ3v) is 17.8. The summed E-state index contributed by atoms with van der Waals surface area (Å²) in [4.78, 5) is 0. The number of hydrogen-bond donors (Lipinski definition) is 6. The van der Waals surface area contributed by atoms with Crippen molar-refractivity contribution >= 4 is 0 Å². The number of fused-ring (bicyclic) bond motifs is 12. The van der Waals surface area contributed by atoms with Crippen molar-refractivity contribution in [2.75, 3.05) is 14.2 Å². The monoisotopic (exact) mass is 1130 g/mol. The summed E-state index contributed by atoms with van der Waals surface area (Å²) in [5, 5.41) is 76.0. The van der Waals surface area contributed by atoms with Gasteiger partial charge in [-0.2, -0.15) is 0 Å². The average Bonchev–Trinajstić information content (AvgIpc) is 1.47. The normalized spacial score (nSPS) is 14.6. The van der Waals surface area contributed by atoms with Gasteiger partial charge in [-0.25, -0.2) is 0 Å². The minimum atomic E-state index is -0.733. The van der Waals surface area contributed by atoms with Gasteiger partial charge < -0.3 is 40.1 Å². The molecule has 0 heterocycles. The lowest BCUT2D eigenvalue weighted by Gasteiger charge is -2.33. The van der Waals surface area contributed by atoms with Gasteiger partial charge in [0, 0.05) is 36.5 Å². The van der Waals surface area contributed by atoms with Crippen LogP contribution in [0.3, 0.4) is 0 Å². The van der Waals surface area contributed by atoms with Crippen LogP contribution in [0.5, 0.6) is 46.0 Å². The molecule has 8 heteroatoms. The molecular formula is C76H88O8. The lowest BCUT2D eigenvalue weighted by molar-refractivity contribution is 0.415. The van der Waals surface area contributed by atoms with Crippen LogP contribution in [-0.4, -0.2) is 44.9 Å². The minimum Gasteiger partial charge on any atom is -0.507 e. The Morgan fingerprint density at radius 3 is 0.679 bits per heavy atom. The van der Waals surface area contributed by atoms with Gasteiger partial charge in [0.25, 0.3) is 0 Å². The third-order valence-electron chi connectivity index (χ3n) is 17.8. The van der Waals surface area contributed by atoms with Gasteiger partial charge in [-0.1, -0.05) is 184 Å². The maximum atomic E-state index is 12.9. The summed E-state index contributed by atoms with van der Waals surface area (Å²) in [6, 6.07) is 40.3. The van der Waals surface area contributed by atoms with Crippen LogP contribution < -0.4 is 9.47 Å². The Kier molecular flexibility index (Phi) is 15.7. The summed E-state index contributed by atoms with van der Waals surface area (Å²) in [6.45, 7) is 33.8. The molecule has 8 aromatic carbocycles. The van der Waals surface area contributed by atoms with Crippen molar-refractivity contribution in [2.24, 2.45) is 0 Å². The molecule has 0 unspecified atom stereocenters. The fourth-order valence-electron chi connectivity index (χ4n) is 12.2. The van der Waals surface area contributed by atoms with Crippen LogP contribution in [0, 0.1) is 0 Å². The number of phenols is 6. The van der Waals surface area contributed by atoms with E-state index in [4.69, 9.17) is 9.47 Å². The Balaban J connectivity index is 1.40. The van der Waals surface area contributed by atoms with E-state index >= 15 is 0 Å². The minimum absolute atomic E-state index is 0.0714. The van der Waals surface area contributed by atoms with E-state index in [0.717, 1.165) is 66.8 Å². The summed E-state index contributed by atoms with van der Waals surface area (Å²) in [5.74, 6) is 2.17. The van der Waals surface area contributed by atoms with Crippen molar-refractivity contribution < 1.29 is 40.1 Å². The van der Waals surface area contributed by atoms with E-state index in [1.807, 2.05) is 72.8 Å². The maximum Gasteiger partial charge on any atom is 0.122 e. The molecule has 0 radical (unpaired) electrons. The van der Waals surface area contributed by atoms with Crippen LogP contribution in [-0.2, 0) is 58.2 Å². The third kappa shape index (κ3) is 11.7. The van der Waals surface area contributed by atoms with Crippen molar-refractivity contribution in [3.05, 3.63) is 210 Å². The molecule has 9 rings (SSSR count). The number of methoxy groups -OCH3 is 2. The first-order chi connectivity index (χ1) is 39.0. The highest BCUT2D eigenvalue weighted by Gasteiger charge is 2.35. The van der Waals surface area contributed by atoms with Gasteiger partial charge in [0.05, 0.1) is 14.2 Å². The van der Waals surface area contributed by atoms with Gasteiger partial charge >= 0.3 is 0 Å². The second kappa shape index (κ2) is 21.7. The lowest BCUT2D eigenvalue weighted by atomic mass is 9.71. The van der Waals surface area contributed by atoms with Crippen LogP contribution >= 0.6 is 0 Å². The van der Waals surface area contributed by atoms with Crippen molar-refractivity contribution in [1.29, 1.82) is 0 Å². The largest absolute Gasteiger partial charge is 0.507 e. The molecule has 440 valence electrons. The summed E-state index contributed by atoms with van der Waals surface area (Å²) in [5.41, 5.74) is 11.8. The Bertz CT molecular complexity index is 3380. The molecule has 8 nitrogen and oxygen atoms in total. The summed E-state index contributed by atoms with van der Waals surface area (Å²) in [7, 11) is 3.28. The highest BCUT2D eigenvalue weighted by atomic mass is 16.5. The maximum absolute atomic E-state index is 12.9. The highest BCUT2D eigenvalue weighted by molar-refractivity contribution is 5.72. The van der Waals surface area contributed by atoms with Crippen molar-refractivity contribution in [2.45, 2.75) is 169 Å². The molecule has 0 saturated carbocycles. The smallest absolute Gasteiger partial charge is 0.122 e. The molecule has 1 aliphatic rings. The molecular weight excluding hydrogens is 1040 g/mol. The summed E-state index contributed by atoms with van der Waals surface area (Å²) >= 11 is 0. The van der Waals surface area contributed by atoms with E-state index in [1.54, 1.807) is 14.2 Å². The molecule has 0 spiro atoms. The van der Waals surface area contributed by atoms with Gasteiger partial charge in [-0.05, 0) is 181 Å². The second-order valence-electron chi connectivity index (χ2n) is 28.8. The van der Waals surface area contributed by atoms with Gasteiger partial charge in [-0.15, -0.1) is 0 Å². The number of benzene rings is 8. The zero-order valence-corrected chi connectivity index (χ0v) is 52.9. The number of rotatable bonds is 4. The van der Waals surface area contributed by atoms with Gasteiger partial charge in [0.15, 0.2) is 0 Å². The predicted molar refractivity (Wildman–Crippen MR) is 343 cm³/mol. The summed E-state index contributed by atoms with van der Waals surface area (Å²) in [6.07, 6.45) is 0.696. The Hall–Kier alpha value is -7.84. The Morgan fingerprint density at radius 1 is 0.286 bits per heavy atom. The zero-order chi connectivity index (χ0) is 61.6. The quantitative estimate of drug-likeness (QED) is 0.102. The molecule has 1 aliphatic carbocycles. The number of aromatic hydroxyl groups is 6.